The van der Waals surface area contributed by atoms with Crippen molar-refractivity contribution in [3.63, 3.8) is 0 Å². The van der Waals surface area contributed by atoms with Crippen LogP contribution in [0, 0.1) is 22.7 Å². The van der Waals surface area contributed by atoms with Crippen LogP contribution in [0.3, 0.4) is 0 Å². The molecule has 0 N–H and O–H groups in total. The second-order valence-corrected chi connectivity index (χ2v) is 5.06. The van der Waals surface area contributed by atoms with Gasteiger partial charge in [0.05, 0.1) is 6.07 Å². The van der Waals surface area contributed by atoms with Crippen molar-refractivity contribution in [2.75, 3.05) is 19.6 Å². The van der Waals surface area contributed by atoms with Crippen molar-refractivity contribution in [3.05, 3.63) is 0 Å². The van der Waals surface area contributed by atoms with Crippen LogP contribution < -0.4 is 0 Å². The molecule has 0 spiro atoms. The van der Waals surface area contributed by atoms with Gasteiger partial charge < -0.3 is 4.90 Å². The fraction of sp³-hybridized carbons (Fsp3) is 0.917. The van der Waals surface area contributed by atoms with E-state index in [0.717, 1.165) is 25.4 Å². The minimum Gasteiger partial charge on any atom is -0.303 e. The maximum Gasteiger partial charge on any atom is 0.0628 e. The highest BCUT2D eigenvalue weighted by atomic mass is 15.1. The fourth-order valence-electron chi connectivity index (χ4n) is 2.03. The molecule has 2 nitrogen and oxygen atoms in total. The molecule has 0 unspecified atom stereocenters. The summed E-state index contributed by atoms with van der Waals surface area (Å²) in [6.45, 7) is 10.1. The summed E-state index contributed by atoms with van der Waals surface area (Å²) >= 11 is 0. The summed E-state index contributed by atoms with van der Waals surface area (Å²) in [7, 11) is 0. The lowest BCUT2D eigenvalue weighted by molar-refractivity contribution is 0.208. The molecule has 1 rings (SSSR count). The van der Waals surface area contributed by atoms with Gasteiger partial charge in [-0.05, 0) is 30.7 Å². The Morgan fingerprint density at radius 3 is 2.43 bits per heavy atom. The minimum absolute atomic E-state index is 0.375. The van der Waals surface area contributed by atoms with E-state index < -0.39 is 0 Å². The van der Waals surface area contributed by atoms with Gasteiger partial charge in [-0.15, -0.1) is 0 Å². The van der Waals surface area contributed by atoms with Crippen LogP contribution in [-0.4, -0.2) is 24.5 Å². The van der Waals surface area contributed by atoms with Gasteiger partial charge >= 0.3 is 0 Å². The van der Waals surface area contributed by atoms with Gasteiger partial charge in [0.25, 0.3) is 0 Å². The predicted molar refractivity (Wildman–Crippen MR) is 58.8 cm³/mol. The third kappa shape index (κ3) is 3.31. The zero-order valence-electron chi connectivity index (χ0n) is 9.71. The second-order valence-electron chi connectivity index (χ2n) is 5.06. The van der Waals surface area contributed by atoms with E-state index in [0.29, 0.717) is 5.41 Å². The predicted octanol–water partition coefficient (Wildman–Crippen LogP) is 2.66. The molecule has 0 aromatic carbocycles. The van der Waals surface area contributed by atoms with Crippen LogP contribution in [0.15, 0.2) is 0 Å². The van der Waals surface area contributed by atoms with Crippen molar-refractivity contribution in [1.82, 2.24) is 4.90 Å². The van der Waals surface area contributed by atoms with E-state index >= 15 is 0 Å². The molecule has 0 amide bonds. The molecule has 1 aliphatic rings. The van der Waals surface area contributed by atoms with E-state index in [-0.39, 0.29) is 0 Å². The van der Waals surface area contributed by atoms with Gasteiger partial charge in [0, 0.05) is 19.5 Å². The molecular weight excluding hydrogens is 172 g/mol. The Kier molecular flexibility index (Phi) is 3.95. The van der Waals surface area contributed by atoms with E-state index in [4.69, 9.17) is 5.26 Å². The number of hydrogen-bond donors (Lipinski definition) is 0. The Balaban J connectivity index is 2.37. The van der Waals surface area contributed by atoms with Gasteiger partial charge in [-0.1, -0.05) is 20.8 Å². The summed E-state index contributed by atoms with van der Waals surface area (Å²) in [5.41, 5.74) is 0.375. The molecule has 1 fully saturated rings. The minimum atomic E-state index is 0.375. The first-order chi connectivity index (χ1) is 6.62. The molecule has 1 saturated carbocycles. The molecular formula is C12H22N2. The Hall–Kier alpha value is -0.550. The average Bonchev–Trinajstić information content (AvgIpc) is 2.84. The lowest BCUT2D eigenvalue weighted by Crippen LogP contribution is -2.33. The van der Waals surface area contributed by atoms with Gasteiger partial charge in [-0.25, -0.2) is 0 Å². The molecule has 0 aromatic rings. The van der Waals surface area contributed by atoms with Crippen molar-refractivity contribution < 1.29 is 0 Å². The SMILES string of the molecule is CCN(CC(C)C)CC1(CC#N)CC1. The van der Waals surface area contributed by atoms with Crippen molar-refractivity contribution >= 4 is 0 Å². The Morgan fingerprint density at radius 1 is 1.43 bits per heavy atom. The van der Waals surface area contributed by atoms with Gasteiger partial charge in [0.1, 0.15) is 0 Å². The van der Waals surface area contributed by atoms with Gasteiger partial charge in [-0.3, -0.25) is 0 Å². The van der Waals surface area contributed by atoms with Crippen LogP contribution in [0.2, 0.25) is 0 Å². The maximum atomic E-state index is 8.74. The van der Waals surface area contributed by atoms with E-state index in [1.165, 1.54) is 19.4 Å². The summed E-state index contributed by atoms with van der Waals surface area (Å²) in [5, 5.41) is 8.74. The maximum absolute atomic E-state index is 8.74. The van der Waals surface area contributed by atoms with Crippen molar-refractivity contribution in [1.29, 1.82) is 5.26 Å². The monoisotopic (exact) mass is 194 g/mol. The normalized spacial score (nSPS) is 18.6. The van der Waals surface area contributed by atoms with Crippen molar-refractivity contribution in [3.8, 4) is 6.07 Å². The van der Waals surface area contributed by atoms with Crippen LogP contribution in [0.25, 0.3) is 0 Å². The zero-order valence-corrected chi connectivity index (χ0v) is 9.71. The summed E-state index contributed by atoms with van der Waals surface area (Å²) < 4.78 is 0. The third-order valence-electron chi connectivity index (χ3n) is 3.04. The first kappa shape index (κ1) is 11.5. The van der Waals surface area contributed by atoms with Crippen molar-refractivity contribution in [2.24, 2.45) is 11.3 Å². The van der Waals surface area contributed by atoms with E-state index in [1.807, 2.05) is 0 Å². The summed E-state index contributed by atoms with van der Waals surface area (Å²) in [5.74, 6) is 0.729. The number of nitrogens with zero attached hydrogens (tertiary/aromatic N) is 2. The van der Waals surface area contributed by atoms with Gasteiger partial charge in [-0.2, -0.15) is 5.26 Å². The Labute approximate surface area is 87.9 Å². The first-order valence-electron chi connectivity index (χ1n) is 5.71. The molecule has 0 saturated heterocycles. The standard InChI is InChI=1S/C12H22N2/c1-4-14(9-11(2)3)10-12(5-6-12)7-8-13/h11H,4-7,9-10H2,1-3H3. The Bertz CT molecular complexity index is 211. The van der Waals surface area contributed by atoms with E-state index in [2.05, 4.69) is 31.7 Å². The quantitative estimate of drug-likeness (QED) is 0.650. The van der Waals surface area contributed by atoms with Crippen LogP contribution in [-0.2, 0) is 0 Å². The topological polar surface area (TPSA) is 27.0 Å². The number of hydrogen-bond acceptors (Lipinski definition) is 2. The lowest BCUT2D eigenvalue weighted by atomic mass is 10.0. The summed E-state index contributed by atoms with van der Waals surface area (Å²) in [6.07, 6.45) is 3.27. The smallest absolute Gasteiger partial charge is 0.0628 e. The summed E-state index contributed by atoms with van der Waals surface area (Å²) in [4.78, 5) is 2.50. The molecule has 0 aromatic heterocycles. The van der Waals surface area contributed by atoms with E-state index in [1.54, 1.807) is 0 Å². The van der Waals surface area contributed by atoms with Crippen LogP contribution >= 0.6 is 0 Å². The van der Waals surface area contributed by atoms with Gasteiger partial charge in [0.2, 0.25) is 0 Å². The van der Waals surface area contributed by atoms with Crippen LogP contribution in [0.5, 0.6) is 0 Å². The highest BCUT2D eigenvalue weighted by Gasteiger charge is 2.43. The molecule has 0 radical (unpaired) electrons. The van der Waals surface area contributed by atoms with Crippen molar-refractivity contribution in [2.45, 2.75) is 40.0 Å². The molecule has 0 bridgehead atoms. The molecule has 80 valence electrons. The molecule has 0 aliphatic heterocycles. The number of rotatable bonds is 6. The van der Waals surface area contributed by atoms with Gasteiger partial charge in [0.15, 0.2) is 0 Å². The molecule has 0 atom stereocenters. The molecule has 1 aliphatic carbocycles. The summed E-state index contributed by atoms with van der Waals surface area (Å²) in [6, 6.07) is 2.33. The highest BCUT2D eigenvalue weighted by Crippen LogP contribution is 2.49. The average molecular weight is 194 g/mol. The third-order valence-corrected chi connectivity index (χ3v) is 3.04. The second kappa shape index (κ2) is 4.79. The largest absolute Gasteiger partial charge is 0.303 e. The molecule has 0 heterocycles. The molecule has 2 heteroatoms. The lowest BCUT2D eigenvalue weighted by Gasteiger charge is -2.26. The number of nitriles is 1. The Morgan fingerprint density at radius 2 is 2.07 bits per heavy atom. The first-order valence-corrected chi connectivity index (χ1v) is 5.71. The van der Waals surface area contributed by atoms with Crippen LogP contribution in [0.1, 0.15) is 40.0 Å². The zero-order chi connectivity index (χ0) is 10.6. The van der Waals surface area contributed by atoms with E-state index in [9.17, 15) is 0 Å². The highest BCUT2D eigenvalue weighted by molar-refractivity contribution is 5.01. The van der Waals surface area contributed by atoms with Crippen LogP contribution in [0.4, 0.5) is 0 Å². The fourth-order valence-corrected chi connectivity index (χ4v) is 2.03. The molecule has 14 heavy (non-hydrogen) atoms.